The Morgan fingerprint density at radius 3 is 2.29 bits per heavy atom. The highest BCUT2D eigenvalue weighted by atomic mass is 35.5. The number of benzene rings is 2. The van der Waals surface area contributed by atoms with Crippen molar-refractivity contribution in [3.05, 3.63) is 63.6 Å². The summed E-state index contributed by atoms with van der Waals surface area (Å²) in [7, 11) is 0. The topological polar surface area (TPSA) is 46.5 Å². The molecule has 0 aliphatic rings. The zero-order chi connectivity index (χ0) is 15.4. The minimum Gasteiger partial charge on any atom is -0.478 e. The Morgan fingerprint density at radius 1 is 1.10 bits per heavy atom. The largest absolute Gasteiger partial charge is 0.478 e. The fraction of sp³-hybridized carbons (Fsp3) is 0.0625. The molecule has 0 aromatic heterocycles. The van der Waals surface area contributed by atoms with Gasteiger partial charge >= 0.3 is 5.97 Å². The van der Waals surface area contributed by atoms with Crippen molar-refractivity contribution in [3.8, 4) is 11.5 Å². The van der Waals surface area contributed by atoms with Crippen molar-refractivity contribution in [2.24, 2.45) is 0 Å². The lowest BCUT2D eigenvalue weighted by atomic mass is 10.2. The van der Waals surface area contributed by atoms with Crippen LogP contribution in [0.1, 0.15) is 11.1 Å². The van der Waals surface area contributed by atoms with E-state index in [9.17, 15) is 4.79 Å². The third kappa shape index (κ3) is 4.25. The Kier molecular flexibility index (Phi) is 4.89. The fourth-order valence-corrected chi connectivity index (χ4v) is 2.18. The van der Waals surface area contributed by atoms with Crippen LogP contribution in [0.5, 0.6) is 11.5 Å². The van der Waals surface area contributed by atoms with E-state index in [1.54, 1.807) is 30.3 Å². The Labute approximate surface area is 132 Å². The number of carboxylic acid groups (broad SMARTS) is 1. The molecule has 0 spiro atoms. The Balaban J connectivity index is 2.23. The molecule has 2 aromatic carbocycles. The van der Waals surface area contributed by atoms with Gasteiger partial charge in [0, 0.05) is 6.08 Å². The molecule has 0 atom stereocenters. The molecule has 0 radical (unpaired) electrons. The van der Waals surface area contributed by atoms with Crippen LogP contribution in [0.3, 0.4) is 0 Å². The fourth-order valence-electron chi connectivity index (χ4n) is 1.68. The molecule has 1 N–H and O–H groups in total. The highest BCUT2D eigenvalue weighted by Gasteiger charge is 2.07. The summed E-state index contributed by atoms with van der Waals surface area (Å²) in [5.41, 5.74) is 1.71. The van der Waals surface area contributed by atoms with Crippen molar-refractivity contribution in [1.29, 1.82) is 0 Å². The van der Waals surface area contributed by atoms with E-state index >= 15 is 0 Å². The van der Waals surface area contributed by atoms with Crippen LogP contribution in [-0.4, -0.2) is 11.1 Å². The zero-order valence-electron chi connectivity index (χ0n) is 11.1. The van der Waals surface area contributed by atoms with Crippen LogP contribution in [0.25, 0.3) is 6.08 Å². The molecular formula is C16H12Cl2O3. The number of halogens is 2. The van der Waals surface area contributed by atoms with E-state index in [-0.39, 0.29) is 0 Å². The molecule has 108 valence electrons. The minimum atomic E-state index is -1.02. The normalized spacial score (nSPS) is 10.8. The summed E-state index contributed by atoms with van der Waals surface area (Å²) in [6, 6.07) is 10.5. The molecule has 2 rings (SSSR count). The van der Waals surface area contributed by atoms with E-state index in [2.05, 4.69) is 0 Å². The summed E-state index contributed by atoms with van der Waals surface area (Å²) in [5, 5.41) is 9.46. The number of rotatable bonds is 4. The second-order valence-corrected chi connectivity index (χ2v) is 5.21. The van der Waals surface area contributed by atoms with Gasteiger partial charge in [0.25, 0.3) is 0 Å². The van der Waals surface area contributed by atoms with Gasteiger partial charge in [-0.3, -0.25) is 0 Å². The number of ether oxygens (including phenoxy) is 1. The van der Waals surface area contributed by atoms with Crippen molar-refractivity contribution in [2.75, 3.05) is 0 Å². The number of carbonyl (C=O) groups is 1. The van der Waals surface area contributed by atoms with E-state index < -0.39 is 5.97 Å². The van der Waals surface area contributed by atoms with Crippen molar-refractivity contribution < 1.29 is 14.6 Å². The maximum absolute atomic E-state index is 10.5. The van der Waals surface area contributed by atoms with Crippen LogP contribution in [0.15, 0.2) is 42.5 Å². The second kappa shape index (κ2) is 6.66. The van der Waals surface area contributed by atoms with Gasteiger partial charge in [-0.25, -0.2) is 4.79 Å². The lowest BCUT2D eigenvalue weighted by molar-refractivity contribution is -0.131. The highest BCUT2D eigenvalue weighted by molar-refractivity contribution is 6.33. The molecule has 0 heterocycles. The van der Waals surface area contributed by atoms with Crippen molar-refractivity contribution >= 4 is 35.2 Å². The first-order valence-electron chi connectivity index (χ1n) is 6.10. The third-order valence-corrected chi connectivity index (χ3v) is 3.27. The van der Waals surface area contributed by atoms with Gasteiger partial charge < -0.3 is 9.84 Å². The van der Waals surface area contributed by atoms with Crippen LogP contribution in [0.4, 0.5) is 0 Å². The standard InChI is InChI=1S/C16H12Cl2O3/c1-10-2-5-14(12(17)8-10)21-15-6-3-11(9-13(15)18)4-7-16(19)20/h2-9H,1H3,(H,19,20)/b7-4+. The van der Waals surface area contributed by atoms with Gasteiger partial charge in [-0.1, -0.05) is 35.3 Å². The molecule has 21 heavy (non-hydrogen) atoms. The van der Waals surface area contributed by atoms with E-state index in [4.69, 9.17) is 33.0 Å². The first-order valence-corrected chi connectivity index (χ1v) is 6.86. The molecule has 0 aliphatic carbocycles. The monoisotopic (exact) mass is 322 g/mol. The number of hydrogen-bond donors (Lipinski definition) is 1. The molecule has 0 unspecified atom stereocenters. The average Bonchev–Trinajstić information content (AvgIpc) is 2.42. The lowest BCUT2D eigenvalue weighted by Crippen LogP contribution is -1.88. The molecule has 3 nitrogen and oxygen atoms in total. The van der Waals surface area contributed by atoms with Crippen molar-refractivity contribution in [3.63, 3.8) is 0 Å². The van der Waals surface area contributed by atoms with Crippen molar-refractivity contribution in [1.82, 2.24) is 0 Å². The van der Waals surface area contributed by atoms with Gasteiger partial charge in [-0.2, -0.15) is 0 Å². The van der Waals surface area contributed by atoms with Crippen LogP contribution in [-0.2, 0) is 4.79 Å². The minimum absolute atomic E-state index is 0.374. The van der Waals surface area contributed by atoms with Crippen LogP contribution in [0.2, 0.25) is 10.0 Å². The van der Waals surface area contributed by atoms with Crippen LogP contribution in [0, 0.1) is 6.92 Å². The molecule has 0 fully saturated rings. The van der Waals surface area contributed by atoms with Gasteiger partial charge in [-0.15, -0.1) is 0 Å². The molecule has 0 saturated heterocycles. The van der Waals surface area contributed by atoms with Crippen LogP contribution >= 0.6 is 23.2 Å². The molecule has 5 heteroatoms. The van der Waals surface area contributed by atoms with Gasteiger partial charge in [0.15, 0.2) is 0 Å². The maximum Gasteiger partial charge on any atom is 0.328 e. The number of carboxylic acids is 1. The van der Waals surface area contributed by atoms with E-state index in [0.29, 0.717) is 27.1 Å². The molecule has 0 aliphatic heterocycles. The molecule has 2 aromatic rings. The third-order valence-electron chi connectivity index (χ3n) is 2.68. The smallest absolute Gasteiger partial charge is 0.328 e. The maximum atomic E-state index is 10.5. The highest BCUT2D eigenvalue weighted by Crippen LogP contribution is 2.34. The quantitative estimate of drug-likeness (QED) is 0.787. The SMILES string of the molecule is Cc1ccc(Oc2ccc(/C=C/C(=O)O)cc2Cl)c(Cl)c1. The number of aryl methyl sites for hydroxylation is 1. The summed E-state index contributed by atoms with van der Waals surface area (Å²) in [6.07, 6.45) is 2.50. The first-order chi connectivity index (χ1) is 9.95. The lowest BCUT2D eigenvalue weighted by Gasteiger charge is -2.10. The van der Waals surface area contributed by atoms with E-state index in [0.717, 1.165) is 11.6 Å². The Morgan fingerprint density at radius 2 is 1.71 bits per heavy atom. The van der Waals surface area contributed by atoms with Gasteiger partial charge in [-0.05, 0) is 48.4 Å². The van der Waals surface area contributed by atoms with Gasteiger partial charge in [0.05, 0.1) is 10.0 Å². The molecule has 0 bridgehead atoms. The summed E-state index contributed by atoms with van der Waals surface area (Å²) in [4.78, 5) is 10.5. The van der Waals surface area contributed by atoms with E-state index in [1.165, 1.54) is 6.08 Å². The Hall–Kier alpha value is -1.97. The average molecular weight is 323 g/mol. The number of aliphatic carboxylic acids is 1. The predicted molar refractivity (Wildman–Crippen MR) is 84.4 cm³/mol. The summed E-state index contributed by atoms with van der Waals surface area (Å²) in [6.45, 7) is 1.94. The zero-order valence-corrected chi connectivity index (χ0v) is 12.7. The molecule has 0 saturated carbocycles. The predicted octanol–water partition coefficient (Wildman–Crippen LogP) is 5.19. The summed E-state index contributed by atoms with van der Waals surface area (Å²) >= 11 is 12.2. The van der Waals surface area contributed by atoms with Gasteiger partial charge in [0.1, 0.15) is 11.5 Å². The number of hydrogen-bond acceptors (Lipinski definition) is 2. The molecular weight excluding hydrogens is 311 g/mol. The Bertz CT molecular complexity index is 709. The second-order valence-electron chi connectivity index (χ2n) is 4.40. The molecule has 0 amide bonds. The van der Waals surface area contributed by atoms with Gasteiger partial charge in [0.2, 0.25) is 0 Å². The first kappa shape index (κ1) is 15.4. The summed E-state index contributed by atoms with van der Waals surface area (Å²) in [5.74, 6) is -0.0502. The van der Waals surface area contributed by atoms with E-state index in [1.807, 2.05) is 13.0 Å². The summed E-state index contributed by atoms with van der Waals surface area (Å²) < 4.78 is 5.67. The van der Waals surface area contributed by atoms with Crippen molar-refractivity contribution in [2.45, 2.75) is 6.92 Å². The van der Waals surface area contributed by atoms with Crippen LogP contribution < -0.4 is 4.74 Å².